The largest absolute Gasteiger partial charge is 0.389 e. The predicted octanol–water partition coefficient (Wildman–Crippen LogP) is 3.33. The number of pyridine rings is 1. The van der Waals surface area contributed by atoms with Crippen LogP contribution in [0.3, 0.4) is 0 Å². The van der Waals surface area contributed by atoms with Crippen LogP contribution in [0.15, 0.2) is 36.4 Å². The molecule has 0 fully saturated rings. The number of hydrogen-bond acceptors (Lipinski definition) is 3. The number of hydrogen-bond donors (Lipinski definition) is 2. The van der Waals surface area contributed by atoms with Crippen molar-refractivity contribution in [2.45, 2.75) is 20.3 Å². The minimum atomic E-state index is 0.351. The minimum absolute atomic E-state index is 0.351. The molecule has 0 aliphatic carbocycles. The Morgan fingerprint density at radius 3 is 2.68 bits per heavy atom. The van der Waals surface area contributed by atoms with Gasteiger partial charge in [0, 0.05) is 11.4 Å². The van der Waals surface area contributed by atoms with E-state index in [2.05, 4.69) is 23.3 Å². The van der Waals surface area contributed by atoms with E-state index < -0.39 is 0 Å². The summed E-state index contributed by atoms with van der Waals surface area (Å²) in [5, 5.41) is 3.34. The topological polar surface area (TPSA) is 50.9 Å². The van der Waals surface area contributed by atoms with Gasteiger partial charge in [0.15, 0.2) is 0 Å². The summed E-state index contributed by atoms with van der Waals surface area (Å²) in [6.45, 7) is 4.07. The Balaban J connectivity index is 2.42. The molecule has 3 nitrogen and oxygen atoms in total. The maximum Gasteiger partial charge on any atom is 0.140 e. The summed E-state index contributed by atoms with van der Waals surface area (Å²) in [5.74, 6) is 0.716. The lowest BCUT2D eigenvalue weighted by atomic mass is 10.1. The number of anilines is 2. The average molecular weight is 271 g/mol. The van der Waals surface area contributed by atoms with E-state index in [0.717, 1.165) is 23.4 Å². The second-order valence-corrected chi connectivity index (χ2v) is 4.79. The molecule has 2 aromatic rings. The molecule has 1 aromatic heterocycles. The zero-order chi connectivity index (χ0) is 13.8. The molecule has 0 bridgehead atoms. The molecule has 1 heterocycles. The summed E-state index contributed by atoms with van der Waals surface area (Å²) in [7, 11) is 0. The Morgan fingerprint density at radius 2 is 2.00 bits per heavy atom. The van der Waals surface area contributed by atoms with Gasteiger partial charge in [0.25, 0.3) is 0 Å². The van der Waals surface area contributed by atoms with E-state index >= 15 is 0 Å². The number of para-hydroxylation sites is 1. The first-order valence-corrected chi connectivity index (χ1v) is 6.65. The van der Waals surface area contributed by atoms with Crippen LogP contribution in [0.5, 0.6) is 0 Å². The molecule has 3 N–H and O–H groups in total. The lowest BCUT2D eigenvalue weighted by Gasteiger charge is -2.13. The second-order valence-electron chi connectivity index (χ2n) is 4.35. The fourth-order valence-corrected chi connectivity index (χ4v) is 2.09. The number of nitrogens with zero attached hydrogens (tertiary/aromatic N) is 1. The number of thiocarbonyl (C=S) groups is 1. The van der Waals surface area contributed by atoms with Gasteiger partial charge in [-0.15, -0.1) is 0 Å². The standard InChI is InChI=1S/C15H17N3S/c1-3-11-6-4-5-7-13(11)18-15-12(14(16)19)9-8-10(2)17-15/h4-9H,3H2,1-2H3,(H2,16,19)(H,17,18). The van der Waals surface area contributed by atoms with Crippen LogP contribution in [-0.2, 0) is 6.42 Å². The SMILES string of the molecule is CCc1ccccc1Nc1nc(C)ccc1C(N)=S. The molecule has 2 rings (SSSR count). The molecule has 0 aliphatic heterocycles. The van der Waals surface area contributed by atoms with Crippen molar-refractivity contribution in [1.29, 1.82) is 0 Å². The van der Waals surface area contributed by atoms with Gasteiger partial charge in [0.1, 0.15) is 10.8 Å². The Morgan fingerprint density at radius 1 is 1.26 bits per heavy atom. The van der Waals surface area contributed by atoms with Crippen molar-refractivity contribution >= 4 is 28.7 Å². The van der Waals surface area contributed by atoms with Crippen molar-refractivity contribution in [2.24, 2.45) is 5.73 Å². The van der Waals surface area contributed by atoms with Gasteiger partial charge in [-0.05, 0) is 37.1 Å². The van der Waals surface area contributed by atoms with Gasteiger partial charge < -0.3 is 11.1 Å². The first-order valence-electron chi connectivity index (χ1n) is 6.24. The molecule has 0 saturated carbocycles. The van der Waals surface area contributed by atoms with Crippen molar-refractivity contribution in [3.63, 3.8) is 0 Å². The van der Waals surface area contributed by atoms with E-state index in [-0.39, 0.29) is 0 Å². The molecule has 0 aliphatic rings. The third-order valence-electron chi connectivity index (χ3n) is 2.95. The summed E-state index contributed by atoms with van der Waals surface area (Å²) < 4.78 is 0. The maximum atomic E-state index is 5.74. The normalized spacial score (nSPS) is 10.2. The zero-order valence-electron chi connectivity index (χ0n) is 11.1. The number of nitrogens with two attached hydrogens (primary N) is 1. The Kier molecular flexibility index (Phi) is 4.12. The molecule has 19 heavy (non-hydrogen) atoms. The maximum absolute atomic E-state index is 5.74. The minimum Gasteiger partial charge on any atom is -0.389 e. The van der Waals surface area contributed by atoms with E-state index in [1.807, 2.05) is 37.3 Å². The van der Waals surface area contributed by atoms with Crippen LogP contribution in [-0.4, -0.2) is 9.97 Å². The van der Waals surface area contributed by atoms with Gasteiger partial charge in [0.05, 0.1) is 5.56 Å². The Bertz CT molecular complexity index is 608. The summed E-state index contributed by atoms with van der Waals surface area (Å²) >= 11 is 5.07. The first-order chi connectivity index (χ1) is 9.11. The lowest BCUT2D eigenvalue weighted by molar-refractivity contribution is 1.13. The van der Waals surface area contributed by atoms with Crippen LogP contribution in [0.1, 0.15) is 23.7 Å². The highest BCUT2D eigenvalue weighted by atomic mass is 32.1. The van der Waals surface area contributed by atoms with Gasteiger partial charge in [-0.25, -0.2) is 4.98 Å². The van der Waals surface area contributed by atoms with Gasteiger partial charge in [-0.3, -0.25) is 0 Å². The smallest absolute Gasteiger partial charge is 0.140 e. The molecule has 0 amide bonds. The van der Waals surface area contributed by atoms with Crippen LogP contribution in [0.2, 0.25) is 0 Å². The number of nitrogens with one attached hydrogen (secondary N) is 1. The van der Waals surface area contributed by atoms with E-state index in [0.29, 0.717) is 10.8 Å². The predicted molar refractivity (Wildman–Crippen MR) is 84.0 cm³/mol. The average Bonchev–Trinajstić information content (AvgIpc) is 2.39. The molecule has 0 unspecified atom stereocenters. The second kappa shape index (κ2) is 5.80. The molecule has 4 heteroatoms. The van der Waals surface area contributed by atoms with E-state index in [4.69, 9.17) is 18.0 Å². The monoisotopic (exact) mass is 271 g/mol. The quantitative estimate of drug-likeness (QED) is 0.837. The van der Waals surface area contributed by atoms with E-state index in [9.17, 15) is 0 Å². The molecule has 0 spiro atoms. The molecule has 0 atom stereocenters. The fourth-order valence-electron chi connectivity index (χ4n) is 1.93. The zero-order valence-corrected chi connectivity index (χ0v) is 11.9. The molecule has 98 valence electrons. The highest BCUT2D eigenvalue weighted by Crippen LogP contribution is 2.23. The fraction of sp³-hybridized carbons (Fsp3) is 0.200. The number of aromatic nitrogens is 1. The van der Waals surface area contributed by atoms with Gasteiger partial charge in [0.2, 0.25) is 0 Å². The molecule has 0 saturated heterocycles. The molecular weight excluding hydrogens is 254 g/mol. The summed E-state index contributed by atoms with van der Waals surface area (Å²) in [6.07, 6.45) is 0.956. The van der Waals surface area contributed by atoms with Crippen molar-refractivity contribution in [3.05, 3.63) is 53.2 Å². The summed E-state index contributed by atoms with van der Waals surface area (Å²) in [4.78, 5) is 4.84. The number of aryl methyl sites for hydroxylation is 2. The van der Waals surface area contributed by atoms with Crippen molar-refractivity contribution in [2.75, 3.05) is 5.32 Å². The van der Waals surface area contributed by atoms with Crippen LogP contribution in [0, 0.1) is 6.92 Å². The van der Waals surface area contributed by atoms with Crippen molar-refractivity contribution in [3.8, 4) is 0 Å². The van der Waals surface area contributed by atoms with Crippen LogP contribution in [0.25, 0.3) is 0 Å². The van der Waals surface area contributed by atoms with Gasteiger partial charge >= 0.3 is 0 Å². The molecular formula is C15H17N3S. The lowest BCUT2D eigenvalue weighted by Crippen LogP contribution is -2.13. The van der Waals surface area contributed by atoms with Crippen LogP contribution >= 0.6 is 12.2 Å². The number of rotatable bonds is 4. The van der Waals surface area contributed by atoms with Crippen LogP contribution < -0.4 is 11.1 Å². The highest BCUT2D eigenvalue weighted by Gasteiger charge is 2.09. The van der Waals surface area contributed by atoms with Gasteiger partial charge in [-0.2, -0.15) is 0 Å². The number of benzene rings is 1. The third-order valence-corrected chi connectivity index (χ3v) is 3.17. The first kappa shape index (κ1) is 13.5. The van der Waals surface area contributed by atoms with Gasteiger partial charge in [-0.1, -0.05) is 37.3 Å². The Hall–Kier alpha value is -1.94. The summed E-state index contributed by atoms with van der Waals surface area (Å²) in [5.41, 5.74) is 9.72. The molecule has 0 radical (unpaired) electrons. The van der Waals surface area contributed by atoms with E-state index in [1.54, 1.807) is 0 Å². The summed E-state index contributed by atoms with van der Waals surface area (Å²) in [6, 6.07) is 12.0. The van der Waals surface area contributed by atoms with E-state index in [1.165, 1.54) is 5.56 Å². The highest BCUT2D eigenvalue weighted by molar-refractivity contribution is 7.80. The van der Waals surface area contributed by atoms with Crippen molar-refractivity contribution < 1.29 is 0 Å². The van der Waals surface area contributed by atoms with Crippen LogP contribution in [0.4, 0.5) is 11.5 Å². The third kappa shape index (κ3) is 3.09. The molecule has 1 aromatic carbocycles. The van der Waals surface area contributed by atoms with Crippen molar-refractivity contribution in [1.82, 2.24) is 4.98 Å². The Labute approximate surface area is 118 Å².